The number of carbonyl (C=O) groups is 1. The Morgan fingerprint density at radius 1 is 1.42 bits per heavy atom. The van der Waals surface area contributed by atoms with E-state index < -0.39 is 6.04 Å². The molecule has 0 saturated heterocycles. The van der Waals surface area contributed by atoms with Gasteiger partial charge in [0.25, 0.3) is 0 Å². The van der Waals surface area contributed by atoms with Crippen LogP contribution in [0.5, 0.6) is 0 Å². The molecule has 0 bridgehead atoms. The largest absolute Gasteiger partial charge is 0.354 e. The van der Waals surface area contributed by atoms with Crippen LogP contribution in [0.2, 0.25) is 0 Å². The highest BCUT2D eigenvalue weighted by molar-refractivity contribution is 5.82. The van der Waals surface area contributed by atoms with E-state index in [0.717, 1.165) is 11.4 Å². The van der Waals surface area contributed by atoms with Crippen LogP contribution >= 0.6 is 0 Å². The average Bonchev–Trinajstić information content (AvgIpc) is 2.84. The number of rotatable bonds is 5. The summed E-state index contributed by atoms with van der Waals surface area (Å²) in [7, 11) is 1.87. The number of nitrogens with two attached hydrogens (primary N) is 1. The molecule has 100 valence electrons. The van der Waals surface area contributed by atoms with Gasteiger partial charge in [0.1, 0.15) is 18.2 Å². The van der Waals surface area contributed by atoms with Crippen LogP contribution in [0, 0.1) is 0 Å². The molecule has 0 radical (unpaired) electrons. The summed E-state index contributed by atoms with van der Waals surface area (Å²) >= 11 is 0. The Labute approximate surface area is 111 Å². The number of carbonyl (C=O) groups excluding carboxylic acids is 1. The first-order chi connectivity index (χ1) is 9.18. The number of nitrogens with one attached hydrogen (secondary N) is 1. The topological polar surface area (TPSA) is 85.8 Å². The summed E-state index contributed by atoms with van der Waals surface area (Å²) in [4.78, 5) is 11.9. The van der Waals surface area contributed by atoms with Crippen LogP contribution < -0.4 is 11.1 Å². The van der Waals surface area contributed by atoms with E-state index in [-0.39, 0.29) is 5.91 Å². The Morgan fingerprint density at radius 3 is 2.79 bits per heavy atom. The molecule has 2 aromatic rings. The van der Waals surface area contributed by atoms with Gasteiger partial charge in [-0.1, -0.05) is 30.3 Å². The molecule has 6 heteroatoms. The van der Waals surface area contributed by atoms with Crippen molar-refractivity contribution in [3.8, 4) is 0 Å². The van der Waals surface area contributed by atoms with Crippen LogP contribution in [-0.2, 0) is 18.3 Å². The van der Waals surface area contributed by atoms with Crippen LogP contribution in [-0.4, -0.2) is 27.2 Å². The standard InChI is InChI=1S/C13H17N5O/c1-18-9-16-17-11(18)7-8-15-13(19)12(14)10-5-3-2-4-6-10/h2-6,9,12H,7-8,14H2,1H3,(H,15,19)/t12-/m0/s1. The van der Waals surface area contributed by atoms with Gasteiger partial charge in [0.15, 0.2) is 0 Å². The van der Waals surface area contributed by atoms with E-state index in [1.165, 1.54) is 0 Å². The number of nitrogens with zero attached hydrogens (tertiary/aromatic N) is 3. The summed E-state index contributed by atoms with van der Waals surface area (Å²) in [6.45, 7) is 0.492. The lowest BCUT2D eigenvalue weighted by Gasteiger charge is -2.12. The maximum atomic E-state index is 11.9. The molecule has 0 aliphatic rings. The second-order valence-electron chi connectivity index (χ2n) is 4.29. The number of aromatic nitrogens is 3. The van der Waals surface area contributed by atoms with E-state index >= 15 is 0 Å². The summed E-state index contributed by atoms with van der Waals surface area (Å²) < 4.78 is 1.82. The van der Waals surface area contributed by atoms with Gasteiger partial charge >= 0.3 is 0 Å². The fourth-order valence-corrected chi connectivity index (χ4v) is 1.75. The molecule has 1 aromatic carbocycles. The molecular weight excluding hydrogens is 242 g/mol. The number of amides is 1. The Hall–Kier alpha value is -2.21. The van der Waals surface area contributed by atoms with E-state index in [2.05, 4.69) is 15.5 Å². The lowest BCUT2D eigenvalue weighted by molar-refractivity contribution is -0.122. The maximum absolute atomic E-state index is 11.9. The van der Waals surface area contributed by atoms with Crippen molar-refractivity contribution < 1.29 is 4.79 Å². The molecule has 1 heterocycles. The Morgan fingerprint density at radius 2 is 2.16 bits per heavy atom. The molecule has 0 aliphatic carbocycles. The smallest absolute Gasteiger partial charge is 0.241 e. The summed E-state index contributed by atoms with van der Waals surface area (Å²) in [6, 6.07) is 8.66. The minimum Gasteiger partial charge on any atom is -0.354 e. The third-order valence-electron chi connectivity index (χ3n) is 2.89. The molecule has 2 rings (SSSR count). The molecule has 3 N–H and O–H groups in total. The van der Waals surface area contributed by atoms with Gasteiger partial charge in [0.2, 0.25) is 5.91 Å². The minimum absolute atomic E-state index is 0.187. The first-order valence-corrected chi connectivity index (χ1v) is 6.09. The van der Waals surface area contributed by atoms with Gasteiger partial charge < -0.3 is 15.6 Å². The predicted octanol–water partition coefficient (Wildman–Crippen LogP) is 0.174. The molecule has 0 saturated carbocycles. The number of hydrogen-bond acceptors (Lipinski definition) is 4. The van der Waals surface area contributed by atoms with Crippen LogP contribution in [0.15, 0.2) is 36.7 Å². The fourth-order valence-electron chi connectivity index (χ4n) is 1.75. The summed E-state index contributed by atoms with van der Waals surface area (Å²) in [5.74, 6) is 0.641. The fraction of sp³-hybridized carbons (Fsp3) is 0.308. The highest BCUT2D eigenvalue weighted by atomic mass is 16.2. The van der Waals surface area contributed by atoms with Gasteiger partial charge in [-0.15, -0.1) is 10.2 Å². The lowest BCUT2D eigenvalue weighted by atomic mass is 10.1. The molecule has 6 nitrogen and oxygen atoms in total. The predicted molar refractivity (Wildman–Crippen MR) is 71.1 cm³/mol. The summed E-state index contributed by atoms with van der Waals surface area (Å²) in [5.41, 5.74) is 6.69. The molecule has 1 atom stereocenters. The zero-order valence-electron chi connectivity index (χ0n) is 10.8. The summed E-state index contributed by atoms with van der Waals surface area (Å²) in [5, 5.41) is 10.5. The second-order valence-corrected chi connectivity index (χ2v) is 4.29. The third-order valence-corrected chi connectivity index (χ3v) is 2.89. The van der Waals surface area contributed by atoms with Gasteiger partial charge in [0.05, 0.1) is 0 Å². The van der Waals surface area contributed by atoms with Crippen LogP contribution in [0.4, 0.5) is 0 Å². The maximum Gasteiger partial charge on any atom is 0.241 e. The highest BCUT2D eigenvalue weighted by Crippen LogP contribution is 2.08. The van der Waals surface area contributed by atoms with Crippen molar-refractivity contribution >= 4 is 5.91 Å². The molecule has 0 fully saturated rings. The van der Waals surface area contributed by atoms with Crippen LogP contribution in [0.3, 0.4) is 0 Å². The quantitative estimate of drug-likeness (QED) is 0.801. The molecule has 0 aliphatic heterocycles. The van der Waals surface area contributed by atoms with Crippen molar-refractivity contribution in [2.75, 3.05) is 6.54 Å². The van der Waals surface area contributed by atoms with Gasteiger partial charge in [-0.2, -0.15) is 0 Å². The number of hydrogen-bond donors (Lipinski definition) is 2. The van der Waals surface area contributed by atoms with Crippen molar-refractivity contribution in [2.24, 2.45) is 12.8 Å². The van der Waals surface area contributed by atoms with Crippen LogP contribution in [0.25, 0.3) is 0 Å². The van der Waals surface area contributed by atoms with E-state index in [4.69, 9.17) is 5.73 Å². The van der Waals surface area contributed by atoms with E-state index in [9.17, 15) is 4.79 Å². The molecule has 19 heavy (non-hydrogen) atoms. The van der Waals surface area contributed by atoms with E-state index in [0.29, 0.717) is 13.0 Å². The highest BCUT2D eigenvalue weighted by Gasteiger charge is 2.14. The molecule has 1 aromatic heterocycles. The van der Waals surface area contributed by atoms with Gasteiger partial charge in [-0.05, 0) is 5.56 Å². The molecule has 0 spiro atoms. The van der Waals surface area contributed by atoms with Gasteiger partial charge in [-0.25, -0.2) is 0 Å². The Balaban J connectivity index is 1.83. The van der Waals surface area contributed by atoms with Crippen molar-refractivity contribution in [1.29, 1.82) is 0 Å². The van der Waals surface area contributed by atoms with Crippen LogP contribution in [0.1, 0.15) is 17.4 Å². The second kappa shape index (κ2) is 6.10. The van der Waals surface area contributed by atoms with Crippen molar-refractivity contribution in [3.05, 3.63) is 48.0 Å². The van der Waals surface area contributed by atoms with Crippen molar-refractivity contribution in [2.45, 2.75) is 12.5 Å². The minimum atomic E-state index is -0.638. The van der Waals surface area contributed by atoms with Crippen molar-refractivity contribution in [3.63, 3.8) is 0 Å². The first-order valence-electron chi connectivity index (χ1n) is 6.09. The van der Waals surface area contributed by atoms with Crippen molar-refractivity contribution in [1.82, 2.24) is 20.1 Å². The number of aryl methyl sites for hydroxylation is 1. The zero-order valence-corrected chi connectivity index (χ0v) is 10.8. The van der Waals surface area contributed by atoms with Gasteiger partial charge in [-0.3, -0.25) is 4.79 Å². The monoisotopic (exact) mass is 259 g/mol. The first kappa shape index (κ1) is 13.2. The number of benzene rings is 1. The van der Waals surface area contributed by atoms with Gasteiger partial charge in [0, 0.05) is 20.0 Å². The Kier molecular flexibility index (Phi) is 4.25. The normalized spacial score (nSPS) is 12.1. The SMILES string of the molecule is Cn1cnnc1CCNC(=O)[C@@H](N)c1ccccc1. The molecule has 0 unspecified atom stereocenters. The zero-order chi connectivity index (χ0) is 13.7. The van der Waals surface area contributed by atoms with E-state index in [1.54, 1.807) is 6.33 Å². The molecular formula is C13H17N5O. The van der Waals surface area contributed by atoms with E-state index in [1.807, 2.05) is 41.9 Å². The lowest BCUT2D eigenvalue weighted by Crippen LogP contribution is -2.35. The Bertz CT molecular complexity index is 537. The molecule has 1 amide bonds. The third kappa shape index (κ3) is 3.38. The summed E-state index contributed by atoms with van der Waals surface area (Å²) in [6.07, 6.45) is 2.26. The average molecular weight is 259 g/mol.